The lowest BCUT2D eigenvalue weighted by Gasteiger charge is -2.25. The van der Waals surface area contributed by atoms with E-state index >= 15 is 0 Å². The van der Waals surface area contributed by atoms with Crippen molar-refractivity contribution >= 4 is 16.8 Å². The van der Waals surface area contributed by atoms with Gasteiger partial charge in [0.25, 0.3) is 0 Å². The summed E-state index contributed by atoms with van der Waals surface area (Å²) in [6.45, 7) is 2.53. The van der Waals surface area contributed by atoms with Crippen LogP contribution in [0.5, 0.6) is 0 Å². The molecule has 1 fully saturated rings. The van der Waals surface area contributed by atoms with Crippen molar-refractivity contribution in [3.63, 3.8) is 0 Å². The number of nitrogens with zero attached hydrogens (tertiary/aromatic N) is 3. The fraction of sp³-hybridized carbons (Fsp3) is 0.333. The molecule has 2 aromatic heterocycles. The number of fused-ring (bicyclic) bond motifs is 1. The molecule has 4 rings (SSSR count). The van der Waals surface area contributed by atoms with Crippen LogP contribution in [0.4, 0.5) is 0 Å². The fourth-order valence-corrected chi connectivity index (χ4v) is 3.75. The molecule has 1 atom stereocenters. The van der Waals surface area contributed by atoms with Crippen molar-refractivity contribution in [2.75, 3.05) is 6.54 Å². The topological polar surface area (TPSA) is 50.2 Å². The molecule has 1 aromatic carbocycles. The van der Waals surface area contributed by atoms with Gasteiger partial charge in [0.05, 0.1) is 0 Å². The fourth-order valence-electron chi connectivity index (χ4n) is 3.75. The van der Waals surface area contributed by atoms with Crippen LogP contribution in [0.25, 0.3) is 10.9 Å². The van der Waals surface area contributed by atoms with E-state index in [1.807, 2.05) is 12.3 Å². The van der Waals surface area contributed by atoms with Gasteiger partial charge in [0, 0.05) is 63.3 Å². The smallest absolute Gasteiger partial charge is 0.220 e. The Morgan fingerprint density at radius 1 is 1.23 bits per heavy atom. The van der Waals surface area contributed by atoms with Crippen molar-refractivity contribution in [2.24, 2.45) is 7.05 Å². The van der Waals surface area contributed by atoms with Crippen molar-refractivity contribution < 1.29 is 4.79 Å². The number of hydrogen-bond donors (Lipinski definition) is 1. The van der Waals surface area contributed by atoms with Gasteiger partial charge in [-0.25, -0.2) is 0 Å². The van der Waals surface area contributed by atoms with Gasteiger partial charge in [-0.1, -0.05) is 12.1 Å². The summed E-state index contributed by atoms with van der Waals surface area (Å²) in [5, 5.41) is 4.35. The predicted octanol–water partition coefficient (Wildman–Crippen LogP) is 2.85. The summed E-state index contributed by atoms with van der Waals surface area (Å²) in [5.74, 6) is 0.169. The first-order valence-corrected chi connectivity index (χ1v) is 9.12. The molecule has 1 N–H and O–H groups in total. The van der Waals surface area contributed by atoms with E-state index in [1.165, 1.54) is 22.0 Å². The van der Waals surface area contributed by atoms with Crippen molar-refractivity contribution in [1.82, 2.24) is 19.8 Å². The molecular formula is C21H24N4O. The number of rotatable bonds is 6. The Morgan fingerprint density at radius 3 is 2.88 bits per heavy atom. The molecule has 0 aliphatic carbocycles. The zero-order chi connectivity index (χ0) is 17.9. The number of aryl methyl sites for hydroxylation is 1. The summed E-state index contributed by atoms with van der Waals surface area (Å²) >= 11 is 0. The second-order valence-corrected chi connectivity index (χ2v) is 7.15. The lowest BCUT2D eigenvalue weighted by molar-refractivity contribution is -0.119. The molecule has 3 aromatic rings. The quantitative estimate of drug-likeness (QED) is 0.745. The lowest BCUT2D eigenvalue weighted by Crippen LogP contribution is -2.38. The van der Waals surface area contributed by atoms with Crippen LogP contribution < -0.4 is 5.32 Å². The minimum atomic E-state index is 0.169. The van der Waals surface area contributed by atoms with Crippen molar-refractivity contribution in [3.05, 3.63) is 66.1 Å². The molecule has 3 heterocycles. The first-order chi connectivity index (χ1) is 12.7. The number of nitrogens with one attached hydrogen (secondary N) is 1. The molecule has 0 radical (unpaired) electrons. The first kappa shape index (κ1) is 16.8. The third kappa shape index (κ3) is 3.78. The number of hydrogen-bond acceptors (Lipinski definition) is 3. The predicted molar refractivity (Wildman–Crippen MR) is 102 cm³/mol. The highest BCUT2D eigenvalue weighted by molar-refractivity contribution is 5.80. The van der Waals surface area contributed by atoms with E-state index in [2.05, 4.69) is 63.3 Å². The van der Waals surface area contributed by atoms with Crippen LogP contribution >= 0.6 is 0 Å². The van der Waals surface area contributed by atoms with Crippen LogP contribution in [0.3, 0.4) is 0 Å². The van der Waals surface area contributed by atoms with Crippen LogP contribution in [-0.4, -0.2) is 32.9 Å². The van der Waals surface area contributed by atoms with Crippen molar-refractivity contribution in [3.8, 4) is 0 Å². The third-order valence-electron chi connectivity index (χ3n) is 5.05. The Hall–Kier alpha value is -2.66. The van der Waals surface area contributed by atoms with Crippen LogP contribution in [0.1, 0.15) is 24.0 Å². The summed E-state index contributed by atoms with van der Waals surface area (Å²) in [5.41, 5.74) is 3.73. The molecule has 0 bridgehead atoms. The monoisotopic (exact) mass is 348 g/mol. The van der Waals surface area contributed by atoms with Gasteiger partial charge in [0.2, 0.25) is 5.91 Å². The molecular weight excluding hydrogens is 324 g/mol. The summed E-state index contributed by atoms with van der Waals surface area (Å²) in [7, 11) is 2.07. The van der Waals surface area contributed by atoms with Gasteiger partial charge in [0.1, 0.15) is 0 Å². The lowest BCUT2D eigenvalue weighted by atomic mass is 10.1. The van der Waals surface area contributed by atoms with Crippen molar-refractivity contribution in [2.45, 2.75) is 32.0 Å². The Morgan fingerprint density at radius 2 is 2.12 bits per heavy atom. The van der Waals surface area contributed by atoms with E-state index in [0.29, 0.717) is 6.42 Å². The SMILES string of the molecule is Cn1ccc2cc(CN(Cc3cccnc3)C[C@@H]3CCC(=O)N3)ccc21. The summed E-state index contributed by atoms with van der Waals surface area (Å²) in [6.07, 6.45) is 7.37. The van der Waals surface area contributed by atoms with Gasteiger partial charge in [-0.2, -0.15) is 0 Å². The van der Waals surface area contributed by atoms with E-state index in [9.17, 15) is 4.79 Å². The van der Waals surface area contributed by atoms with Crippen LogP contribution in [0.2, 0.25) is 0 Å². The van der Waals surface area contributed by atoms with Crippen molar-refractivity contribution in [1.29, 1.82) is 0 Å². The zero-order valence-corrected chi connectivity index (χ0v) is 15.1. The van der Waals surface area contributed by atoms with Crippen LogP contribution in [0.15, 0.2) is 55.0 Å². The maximum atomic E-state index is 11.6. The van der Waals surface area contributed by atoms with E-state index in [-0.39, 0.29) is 11.9 Å². The summed E-state index contributed by atoms with van der Waals surface area (Å²) < 4.78 is 2.14. The van der Waals surface area contributed by atoms with E-state index in [4.69, 9.17) is 0 Å². The third-order valence-corrected chi connectivity index (χ3v) is 5.05. The molecule has 134 valence electrons. The minimum Gasteiger partial charge on any atom is -0.352 e. The second-order valence-electron chi connectivity index (χ2n) is 7.15. The van der Waals surface area contributed by atoms with Gasteiger partial charge in [0.15, 0.2) is 0 Å². The number of benzene rings is 1. The van der Waals surface area contributed by atoms with Gasteiger partial charge in [-0.05, 0) is 47.2 Å². The molecule has 1 aliphatic heterocycles. The molecule has 1 aliphatic rings. The van der Waals surface area contributed by atoms with E-state index in [1.54, 1.807) is 6.20 Å². The molecule has 5 heteroatoms. The Kier molecular flexibility index (Phi) is 4.71. The minimum absolute atomic E-state index is 0.169. The maximum Gasteiger partial charge on any atom is 0.220 e. The number of carbonyl (C=O) groups is 1. The summed E-state index contributed by atoms with van der Waals surface area (Å²) in [6, 6.07) is 13.1. The Balaban J connectivity index is 1.53. The van der Waals surface area contributed by atoms with Crippen LogP contribution in [-0.2, 0) is 24.9 Å². The average molecular weight is 348 g/mol. The molecule has 5 nitrogen and oxygen atoms in total. The number of carbonyl (C=O) groups excluding carboxylic acids is 1. The standard InChI is InChI=1S/C21H24N4O/c1-24-10-8-18-11-16(4-6-20(18)24)13-25(14-17-3-2-9-22-12-17)15-19-5-7-21(26)23-19/h2-4,6,8-12,19H,5,7,13-15H2,1H3,(H,23,26)/t19-/m0/s1. The Labute approximate surface area is 153 Å². The molecule has 1 saturated heterocycles. The molecule has 1 amide bonds. The molecule has 0 unspecified atom stereocenters. The molecule has 0 saturated carbocycles. The number of pyridine rings is 1. The number of amides is 1. The highest BCUT2D eigenvalue weighted by atomic mass is 16.1. The largest absolute Gasteiger partial charge is 0.352 e. The van der Waals surface area contributed by atoms with Crippen LogP contribution in [0, 0.1) is 0 Å². The normalized spacial score (nSPS) is 17.2. The van der Waals surface area contributed by atoms with Gasteiger partial charge in [-0.15, -0.1) is 0 Å². The molecule has 26 heavy (non-hydrogen) atoms. The van der Waals surface area contributed by atoms with E-state index < -0.39 is 0 Å². The van der Waals surface area contributed by atoms with E-state index in [0.717, 1.165) is 26.1 Å². The average Bonchev–Trinajstić information content (AvgIpc) is 3.21. The number of aromatic nitrogens is 2. The molecule has 0 spiro atoms. The highest BCUT2D eigenvalue weighted by Crippen LogP contribution is 2.19. The highest BCUT2D eigenvalue weighted by Gasteiger charge is 2.23. The van der Waals surface area contributed by atoms with Gasteiger partial charge < -0.3 is 9.88 Å². The maximum absolute atomic E-state index is 11.6. The second kappa shape index (κ2) is 7.30. The zero-order valence-electron chi connectivity index (χ0n) is 15.1. The van der Waals surface area contributed by atoms with Gasteiger partial charge >= 0.3 is 0 Å². The first-order valence-electron chi connectivity index (χ1n) is 9.12. The Bertz CT molecular complexity index is 903. The summed E-state index contributed by atoms with van der Waals surface area (Å²) in [4.78, 5) is 18.2. The van der Waals surface area contributed by atoms with Gasteiger partial charge in [-0.3, -0.25) is 14.7 Å².